The fourth-order valence-electron chi connectivity index (χ4n) is 2.79. The van der Waals surface area contributed by atoms with Crippen LogP contribution in [0.1, 0.15) is 28.4 Å². The van der Waals surface area contributed by atoms with Crippen molar-refractivity contribution in [2.45, 2.75) is 20.4 Å². The van der Waals surface area contributed by atoms with Gasteiger partial charge in [0.1, 0.15) is 12.4 Å². The van der Waals surface area contributed by atoms with Crippen molar-refractivity contribution in [3.63, 3.8) is 0 Å². The molecule has 2 aromatic carbocycles. The number of nitrogens with one attached hydrogen (secondary N) is 3. The first-order chi connectivity index (χ1) is 15.0. The number of ether oxygens (including phenoxy) is 2. The molecule has 2 aromatic rings. The van der Waals surface area contributed by atoms with Gasteiger partial charge in [0.15, 0.2) is 5.96 Å². The highest BCUT2D eigenvalue weighted by Crippen LogP contribution is 2.20. The van der Waals surface area contributed by atoms with Crippen molar-refractivity contribution in [3.05, 3.63) is 64.2 Å². The maximum atomic E-state index is 12.2. The molecule has 1 amide bonds. The van der Waals surface area contributed by atoms with Gasteiger partial charge in [-0.1, -0.05) is 35.9 Å². The summed E-state index contributed by atoms with van der Waals surface area (Å²) >= 11 is 6.05. The average molecular weight is 447 g/mol. The zero-order valence-electron chi connectivity index (χ0n) is 18.3. The predicted octanol–water partition coefficient (Wildman–Crippen LogP) is 3.16. The Kier molecular flexibility index (Phi) is 10.7. The first-order valence-corrected chi connectivity index (χ1v) is 10.7. The van der Waals surface area contributed by atoms with Crippen molar-refractivity contribution in [2.24, 2.45) is 4.99 Å². The van der Waals surface area contributed by atoms with Crippen LogP contribution in [0.3, 0.4) is 0 Å². The van der Waals surface area contributed by atoms with E-state index in [0.29, 0.717) is 56.0 Å². The van der Waals surface area contributed by atoms with Crippen LogP contribution in [0.4, 0.5) is 0 Å². The highest BCUT2D eigenvalue weighted by molar-refractivity contribution is 6.33. The molecule has 0 spiro atoms. The Morgan fingerprint density at radius 2 is 1.84 bits per heavy atom. The third-order valence-corrected chi connectivity index (χ3v) is 4.73. The number of hydrogen-bond acceptors (Lipinski definition) is 4. The van der Waals surface area contributed by atoms with Crippen LogP contribution in [0.15, 0.2) is 47.5 Å². The number of rotatable bonds is 11. The number of carbonyl (C=O) groups is 1. The summed E-state index contributed by atoms with van der Waals surface area (Å²) in [5, 5.41) is 9.73. The quantitative estimate of drug-likeness (QED) is 0.280. The number of guanidine groups is 1. The Morgan fingerprint density at radius 1 is 1.06 bits per heavy atom. The van der Waals surface area contributed by atoms with E-state index >= 15 is 0 Å². The van der Waals surface area contributed by atoms with Crippen LogP contribution in [0, 0.1) is 6.92 Å². The van der Waals surface area contributed by atoms with E-state index in [2.05, 4.69) is 20.9 Å². The second-order valence-corrected chi connectivity index (χ2v) is 7.15. The van der Waals surface area contributed by atoms with E-state index in [-0.39, 0.29) is 5.91 Å². The van der Waals surface area contributed by atoms with Gasteiger partial charge in [0.25, 0.3) is 5.91 Å². The van der Waals surface area contributed by atoms with Gasteiger partial charge >= 0.3 is 0 Å². The highest BCUT2D eigenvalue weighted by atomic mass is 35.5. The molecular weight excluding hydrogens is 416 g/mol. The van der Waals surface area contributed by atoms with E-state index in [1.807, 2.05) is 32.0 Å². The third-order valence-electron chi connectivity index (χ3n) is 4.40. The minimum Gasteiger partial charge on any atom is -0.491 e. The standard InChI is InChI=1S/C23H31ClN4O3/c1-4-30-13-14-31-21-15-17(2)9-10-18(21)16-28-23(25-3)27-12-11-26-22(29)19-7-5-6-8-20(19)24/h5-10,15H,4,11-14,16H2,1-3H3,(H,26,29)(H2,25,27,28). The zero-order valence-corrected chi connectivity index (χ0v) is 19.1. The number of benzene rings is 2. The lowest BCUT2D eigenvalue weighted by Gasteiger charge is -2.16. The molecule has 0 heterocycles. The van der Waals surface area contributed by atoms with Crippen LogP contribution in [0.25, 0.3) is 0 Å². The van der Waals surface area contributed by atoms with Crippen LogP contribution in [0.2, 0.25) is 5.02 Å². The van der Waals surface area contributed by atoms with Gasteiger partial charge < -0.3 is 25.4 Å². The first kappa shape index (κ1) is 24.5. The van der Waals surface area contributed by atoms with Crippen LogP contribution in [-0.4, -0.2) is 51.8 Å². The van der Waals surface area contributed by atoms with Gasteiger partial charge in [-0.25, -0.2) is 0 Å². The Bertz CT molecular complexity index is 874. The average Bonchev–Trinajstić information content (AvgIpc) is 2.77. The zero-order chi connectivity index (χ0) is 22.5. The van der Waals surface area contributed by atoms with Crippen molar-refractivity contribution >= 4 is 23.5 Å². The molecule has 0 atom stereocenters. The highest BCUT2D eigenvalue weighted by Gasteiger charge is 2.09. The number of aryl methyl sites for hydroxylation is 1. The largest absolute Gasteiger partial charge is 0.491 e. The molecule has 8 heteroatoms. The number of amides is 1. The van der Waals surface area contributed by atoms with Gasteiger partial charge in [-0.05, 0) is 37.6 Å². The van der Waals surface area contributed by atoms with Crippen LogP contribution in [-0.2, 0) is 11.3 Å². The number of carbonyl (C=O) groups excluding carboxylic acids is 1. The van der Waals surface area contributed by atoms with Crippen LogP contribution >= 0.6 is 11.6 Å². The minimum absolute atomic E-state index is 0.205. The Labute approximate surface area is 189 Å². The van der Waals surface area contributed by atoms with Crippen LogP contribution in [0.5, 0.6) is 5.75 Å². The lowest BCUT2D eigenvalue weighted by molar-refractivity contribution is 0.0954. The molecule has 31 heavy (non-hydrogen) atoms. The molecule has 0 aliphatic carbocycles. The molecule has 0 saturated heterocycles. The lowest BCUT2D eigenvalue weighted by atomic mass is 10.1. The smallest absolute Gasteiger partial charge is 0.252 e. The monoisotopic (exact) mass is 446 g/mol. The predicted molar refractivity (Wildman–Crippen MR) is 125 cm³/mol. The topological polar surface area (TPSA) is 84.0 Å². The van der Waals surface area contributed by atoms with Gasteiger partial charge in [-0.15, -0.1) is 0 Å². The molecule has 0 saturated carbocycles. The molecule has 0 bridgehead atoms. The van der Waals surface area contributed by atoms with Crippen molar-refractivity contribution < 1.29 is 14.3 Å². The summed E-state index contributed by atoms with van der Waals surface area (Å²) in [6.45, 7) is 7.22. The van der Waals surface area contributed by atoms with Crippen molar-refractivity contribution in [1.29, 1.82) is 0 Å². The molecule has 0 aromatic heterocycles. The molecule has 2 rings (SSSR count). The number of nitrogens with zero attached hydrogens (tertiary/aromatic N) is 1. The van der Waals surface area contributed by atoms with E-state index in [1.54, 1.807) is 31.3 Å². The maximum absolute atomic E-state index is 12.2. The van der Waals surface area contributed by atoms with E-state index in [1.165, 1.54) is 0 Å². The molecule has 0 aliphatic rings. The summed E-state index contributed by atoms with van der Waals surface area (Å²) in [4.78, 5) is 16.4. The SMILES string of the molecule is CCOCCOc1cc(C)ccc1CNC(=NC)NCCNC(=O)c1ccccc1Cl. The van der Waals surface area contributed by atoms with Crippen molar-refractivity contribution in [2.75, 3.05) is 40.0 Å². The van der Waals surface area contributed by atoms with Gasteiger partial charge in [0, 0.05) is 38.9 Å². The summed E-state index contributed by atoms with van der Waals surface area (Å²) in [6, 6.07) is 13.1. The molecule has 0 radical (unpaired) electrons. The Morgan fingerprint density at radius 3 is 2.58 bits per heavy atom. The Balaban J connectivity index is 1.79. The molecule has 168 valence electrons. The molecule has 7 nitrogen and oxygen atoms in total. The maximum Gasteiger partial charge on any atom is 0.252 e. The second-order valence-electron chi connectivity index (χ2n) is 6.74. The minimum atomic E-state index is -0.205. The van der Waals surface area contributed by atoms with Gasteiger partial charge in [-0.3, -0.25) is 9.79 Å². The fourth-order valence-corrected chi connectivity index (χ4v) is 3.02. The Hall–Kier alpha value is -2.77. The summed E-state index contributed by atoms with van der Waals surface area (Å²) in [7, 11) is 1.70. The van der Waals surface area contributed by atoms with E-state index < -0.39 is 0 Å². The first-order valence-electron chi connectivity index (χ1n) is 10.3. The van der Waals surface area contributed by atoms with E-state index in [9.17, 15) is 4.79 Å². The second kappa shape index (κ2) is 13.5. The van der Waals surface area contributed by atoms with Crippen molar-refractivity contribution in [1.82, 2.24) is 16.0 Å². The van der Waals surface area contributed by atoms with Gasteiger partial charge in [0.2, 0.25) is 0 Å². The molecule has 0 fully saturated rings. The summed E-state index contributed by atoms with van der Waals surface area (Å²) in [5.41, 5.74) is 2.62. The van der Waals surface area contributed by atoms with Crippen LogP contribution < -0.4 is 20.7 Å². The molecule has 0 unspecified atom stereocenters. The van der Waals surface area contributed by atoms with Gasteiger partial charge in [-0.2, -0.15) is 0 Å². The molecular formula is C23H31ClN4O3. The number of aliphatic imine (C=N–C) groups is 1. The number of halogens is 1. The van der Waals surface area contributed by atoms with Crippen molar-refractivity contribution in [3.8, 4) is 5.75 Å². The molecule has 0 aliphatic heterocycles. The normalized spacial score (nSPS) is 11.2. The third kappa shape index (κ3) is 8.47. The molecule has 3 N–H and O–H groups in total. The summed E-state index contributed by atoms with van der Waals surface area (Å²) in [6.07, 6.45) is 0. The summed E-state index contributed by atoms with van der Waals surface area (Å²) in [5.74, 6) is 1.26. The number of hydrogen-bond donors (Lipinski definition) is 3. The lowest BCUT2D eigenvalue weighted by Crippen LogP contribution is -2.41. The fraction of sp³-hybridized carbons (Fsp3) is 0.391. The van der Waals surface area contributed by atoms with E-state index in [0.717, 1.165) is 16.9 Å². The summed E-state index contributed by atoms with van der Waals surface area (Å²) < 4.78 is 11.2. The van der Waals surface area contributed by atoms with E-state index in [4.69, 9.17) is 21.1 Å². The van der Waals surface area contributed by atoms with Gasteiger partial charge in [0.05, 0.1) is 17.2 Å².